The van der Waals surface area contributed by atoms with Gasteiger partial charge in [-0.1, -0.05) is 0 Å². The van der Waals surface area contributed by atoms with E-state index in [0.717, 1.165) is 17.1 Å². The van der Waals surface area contributed by atoms with Crippen molar-refractivity contribution in [3.05, 3.63) is 40.8 Å². The van der Waals surface area contributed by atoms with E-state index in [1.54, 1.807) is 18.4 Å². The molecule has 0 saturated heterocycles. The summed E-state index contributed by atoms with van der Waals surface area (Å²) in [5, 5.41) is 10.6. The van der Waals surface area contributed by atoms with Crippen molar-refractivity contribution in [2.24, 2.45) is 0 Å². The Hall–Kier alpha value is -2.08. The largest absolute Gasteiger partial charge is 0.377 e. The van der Waals surface area contributed by atoms with Crippen LogP contribution in [0.1, 0.15) is 18.7 Å². The smallest absolute Gasteiger partial charge is 0.318 e. The minimum atomic E-state index is -0.225. The van der Waals surface area contributed by atoms with E-state index in [4.69, 9.17) is 0 Å². The van der Waals surface area contributed by atoms with Crippen LogP contribution in [0.4, 0.5) is 16.2 Å². The molecule has 0 bridgehead atoms. The van der Waals surface area contributed by atoms with Crippen molar-refractivity contribution in [1.29, 1.82) is 0 Å². The van der Waals surface area contributed by atoms with Crippen LogP contribution >= 0.6 is 11.3 Å². The summed E-state index contributed by atoms with van der Waals surface area (Å²) in [5.74, 6) is 0. The second-order valence-corrected chi connectivity index (χ2v) is 4.78. The van der Waals surface area contributed by atoms with Gasteiger partial charge in [0, 0.05) is 23.8 Å². The van der Waals surface area contributed by atoms with Gasteiger partial charge >= 0.3 is 6.03 Å². The molecule has 2 aromatic rings. The summed E-state index contributed by atoms with van der Waals surface area (Å²) in [5.41, 5.74) is 4.59. The molecule has 1 atom stereocenters. The molecule has 6 heteroatoms. The Labute approximate surface area is 116 Å². The van der Waals surface area contributed by atoms with Gasteiger partial charge in [0.25, 0.3) is 0 Å². The number of nitrogens with zero attached hydrogens (tertiary/aromatic N) is 1. The van der Waals surface area contributed by atoms with Crippen LogP contribution in [-0.2, 0) is 0 Å². The maximum absolute atomic E-state index is 11.2. The highest BCUT2D eigenvalue weighted by atomic mass is 32.1. The molecular formula is C13H16N4OS. The van der Waals surface area contributed by atoms with Crippen LogP contribution in [0.25, 0.3) is 0 Å². The van der Waals surface area contributed by atoms with Crippen LogP contribution in [0.3, 0.4) is 0 Å². The number of nitrogens with one attached hydrogen (secondary N) is 3. The summed E-state index contributed by atoms with van der Waals surface area (Å²) in [6.45, 7) is 2.06. The lowest BCUT2D eigenvalue weighted by molar-refractivity contribution is 0.254. The van der Waals surface area contributed by atoms with E-state index in [0.29, 0.717) is 0 Å². The zero-order valence-electron chi connectivity index (χ0n) is 10.8. The van der Waals surface area contributed by atoms with Gasteiger partial charge in [-0.2, -0.15) is 0 Å². The number of hydrogen-bond acceptors (Lipinski definition) is 4. The molecule has 0 aliphatic carbocycles. The van der Waals surface area contributed by atoms with E-state index in [2.05, 4.69) is 27.9 Å². The Kier molecular flexibility index (Phi) is 4.35. The van der Waals surface area contributed by atoms with Crippen LogP contribution in [-0.4, -0.2) is 18.1 Å². The third-order valence-corrected chi connectivity index (χ3v) is 3.25. The van der Waals surface area contributed by atoms with Crippen LogP contribution in [0.2, 0.25) is 0 Å². The van der Waals surface area contributed by atoms with E-state index in [1.165, 1.54) is 0 Å². The predicted octanol–water partition coefficient (Wildman–Crippen LogP) is 3.07. The van der Waals surface area contributed by atoms with Gasteiger partial charge in [0.2, 0.25) is 0 Å². The molecule has 0 aliphatic heterocycles. The highest BCUT2D eigenvalue weighted by molar-refractivity contribution is 7.07. The fraction of sp³-hybridized carbons (Fsp3) is 0.231. The van der Waals surface area contributed by atoms with Gasteiger partial charge in [-0.25, -0.2) is 9.78 Å². The van der Waals surface area contributed by atoms with Gasteiger partial charge in [0.1, 0.15) is 0 Å². The van der Waals surface area contributed by atoms with Crippen molar-refractivity contribution in [3.63, 3.8) is 0 Å². The summed E-state index contributed by atoms with van der Waals surface area (Å²) < 4.78 is 0. The molecular weight excluding hydrogens is 260 g/mol. The molecule has 1 heterocycles. The normalized spacial score (nSPS) is 11.7. The molecule has 0 radical (unpaired) electrons. The predicted molar refractivity (Wildman–Crippen MR) is 78.7 cm³/mol. The Morgan fingerprint density at radius 1 is 1.26 bits per heavy atom. The molecule has 2 amide bonds. The highest BCUT2D eigenvalue weighted by Gasteiger charge is 2.07. The number of rotatable bonds is 4. The number of anilines is 2. The SMILES string of the molecule is CNC(=O)Nc1ccc(NC(C)c2cscn2)cc1. The van der Waals surface area contributed by atoms with Crippen LogP contribution in [0, 0.1) is 0 Å². The molecule has 0 fully saturated rings. The lowest BCUT2D eigenvalue weighted by Crippen LogP contribution is -2.24. The summed E-state index contributed by atoms with van der Waals surface area (Å²) >= 11 is 1.58. The Balaban J connectivity index is 1.97. The number of hydrogen-bond donors (Lipinski definition) is 3. The van der Waals surface area contributed by atoms with Crippen molar-refractivity contribution in [2.45, 2.75) is 13.0 Å². The van der Waals surface area contributed by atoms with E-state index in [-0.39, 0.29) is 12.1 Å². The monoisotopic (exact) mass is 276 g/mol. The van der Waals surface area contributed by atoms with Gasteiger partial charge < -0.3 is 16.0 Å². The average Bonchev–Trinajstić information content (AvgIpc) is 2.95. The maximum atomic E-state index is 11.2. The van der Waals surface area contributed by atoms with Crippen LogP contribution in [0.5, 0.6) is 0 Å². The Morgan fingerprint density at radius 3 is 2.53 bits per heavy atom. The molecule has 0 spiro atoms. The van der Waals surface area contributed by atoms with Gasteiger partial charge in [0.05, 0.1) is 17.2 Å². The molecule has 5 nitrogen and oxygen atoms in total. The summed E-state index contributed by atoms with van der Waals surface area (Å²) in [6, 6.07) is 7.49. The van der Waals surface area contributed by atoms with Crippen molar-refractivity contribution in [3.8, 4) is 0 Å². The molecule has 2 rings (SSSR count). The van der Waals surface area contributed by atoms with E-state index < -0.39 is 0 Å². The highest BCUT2D eigenvalue weighted by Crippen LogP contribution is 2.20. The number of urea groups is 1. The molecule has 1 aromatic heterocycles. The van der Waals surface area contributed by atoms with E-state index in [9.17, 15) is 4.79 Å². The molecule has 0 saturated carbocycles. The average molecular weight is 276 g/mol. The number of amides is 2. The zero-order valence-corrected chi connectivity index (χ0v) is 11.6. The maximum Gasteiger partial charge on any atom is 0.318 e. The second kappa shape index (κ2) is 6.19. The van der Waals surface area contributed by atoms with Crippen LogP contribution < -0.4 is 16.0 Å². The minimum Gasteiger partial charge on any atom is -0.377 e. The van der Waals surface area contributed by atoms with E-state index >= 15 is 0 Å². The number of carbonyl (C=O) groups excluding carboxylic acids is 1. The summed E-state index contributed by atoms with van der Waals surface area (Å²) in [4.78, 5) is 15.4. The van der Waals surface area contributed by atoms with Crippen molar-refractivity contribution in [1.82, 2.24) is 10.3 Å². The zero-order chi connectivity index (χ0) is 13.7. The quantitative estimate of drug-likeness (QED) is 0.804. The minimum absolute atomic E-state index is 0.156. The fourth-order valence-electron chi connectivity index (χ4n) is 1.60. The fourth-order valence-corrected chi connectivity index (χ4v) is 2.25. The van der Waals surface area contributed by atoms with Gasteiger partial charge in [-0.05, 0) is 31.2 Å². The molecule has 3 N–H and O–H groups in total. The van der Waals surface area contributed by atoms with Crippen molar-refractivity contribution < 1.29 is 4.79 Å². The number of carbonyl (C=O) groups is 1. The first-order valence-electron chi connectivity index (χ1n) is 5.92. The molecule has 19 heavy (non-hydrogen) atoms. The first-order valence-corrected chi connectivity index (χ1v) is 6.86. The van der Waals surface area contributed by atoms with Gasteiger partial charge in [0.15, 0.2) is 0 Å². The molecule has 100 valence electrons. The first kappa shape index (κ1) is 13.4. The lowest BCUT2D eigenvalue weighted by Gasteiger charge is -2.13. The van der Waals surface area contributed by atoms with E-state index in [1.807, 2.05) is 35.2 Å². The molecule has 1 unspecified atom stereocenters. The van der Waals surface area contributed by atoms with Gasteiger partial charge in [-0.15, -0.1) is 11.3 Å². The number of aromatic nitrogens is 1. The second-order valence-electron chi connectivity index (χ2n) is 4.06. The summed E-state index contributed by atoms with van der Waals surface area (Å²) in [7, 11) is 1.58. The number of benzene rings is 1. The first-order chi connectivity index (χ1) is 9.19. The number of thiazole rings is 1. The third kappa shape index (κ3) is 3.69. The molecule has 1 aromatic carbocycles. The molecule has 0 aliphatic rings. The van der Waals surface area contributed by atoms with Crippen molar-refractivity contribution >= 4 is 28.7 Å². The third-order valence-electron chi connectivity index (χ3n) is 2.65. The Bertz CT molecular complexity index is 524. The lowest BCUT2D eigenvalue weighted by atomic mass is 10.2. The summed E-state index contributed by atoms with van der Waals surface area (Å²) in [6.07, 6.45) is 0. The van der Waals surface area contributed by atoms with Gasteiger partial charge in [-0.3, -0.25) is 0 Å². The topological polar surface area (TPSA) is 66.1 Å². The Morgan fingerprint density at radius 2 is 1.95 bits per heavy atom. The van der Waals surface area contributed by atoms with Crippen LogP contribution in [0.15, 0.2) is 35.2 Å². The standard InChI is InChI=1S/C13H16N4OS/c1-9(12-7-19-8-15-12)16-10-3-5-11(6-4-10)17-13(18)14-2/h3-9,16H,1-2H3,(H2,14,17,18). The van der Waals surface area contributed by atoms with Crippen molar-refractivity contribution in [2.75, 3.05) is 17.7 Å².